The zero-order chi connectivity index (χ0) is 13.1. The number of methoxy groups -OCH3 is 2. The van der Waals surface area contributed by atoms with Crippen LogP contribution in [0, 0.1) is 0 Å². The zero-order valence-corrected chi connectivity index (χ0v) is 10.6. The topological polar surface area (TPSA) is 53.4 Å². The molecule has 0 fully saturated rings. The molecule has 1 heterocycles. The number of hydrogen-bond donors (Lipinski definition) is 0. The van der Waals surface area contributed by atoms with E-state index < -0.39 is 0 Å². The second kappa shape index (κ2) is 5.10. The molecule has 0 radical (unpaired) electrons. The summed E-state index contributed by atoms with van der Waals surface area (Å²) in [5.74, 6) is 0.664. The third kappa shape index (κ3) is 2.31. The van der Waals surface area contributed by atoms with E-state index in [-0.39, 0.29) is 16.6 Å². The molecule has 0 atom stereocenters. The van der Waals surface area contributed by atoms with Gasteiger partial charge in [-0.15, -0.1) is 0 Å². The Balaban J connectivity index is 2.55. The Morgan fingerprint density at radius 2 is 1.83 bits per heavy atom. The van der Waals surface area contributed by atoms with Gasteiger partial charge in [-0.05, 0) is 24.3 Å². The molecular weight excluding hydrogens is 256 g/mol. The van der Waals surface area contributed by atoms with E-state index >= 15 is 0 Å². The third-order valence-corrected chi connectivity index (χ3v) is 2.57. The first-order chi connectivity index (χ1) is 8.65. The van der Waals surface area contributed by atoms with Crippen molar-refractivity contribution in [3.05, 3.63) is 46.0 Å². The molecule has 0 aliphatic heterocycles. The number of nitrogens with zero attached hydrogens (tertiary/aromatic N) is 2. The molecule has 0 unspecified atom stereocenters. The molecule has 6 heteroatoms. The highest BCUT2D eigenvalue weighted by Gasteiger charge is 2.09. The van der Waals surface area contributed by atoms with Crippen molar-refractivity contribution in [2.24, 2.45) is 0 Å². The largest absolute Gasteiger partial charge is 0.497 e. The van der Waals surface area contributed by atoms with Crippen LogP contribution in [0.25, 0.3) is 5.69 Å². The molecule has 0 amide bonds. The lowest BCUT2D eigenvalue weighted by molar-refractivity contribution is 0.388. The second-order valence-electron chi connectivity index (χ2n) is 3.45. The molecule has 1 aromatic heterocycles. The van der Waals surface area contributed by atoms with Gasteiger partial charge in [-0.2, -0.15) is 4.98 Å². The maximum Gasteiger partial charge on any atom is 0.317 e. The van der Waals surface area contributed by atoms with E-state index in [1.54, 1.807) is 31.4 Å². The summed E-state index contributed by atoms with van der Waals surface area (Å²) in [4.78, 5) is 15.8. The molecule has 0 saturated heterocycles. The van der Waals surface area contributed by atoms with E-state index in [0.29, 0.717) is 11.4 Å². The summed E-state index contributed by atoms with van der Waals surface area (Å²) in [5.41, 5.74) is 0.287. The lowest BCUT2D eigenvalue weighted by atomic mass is 10.3. The molecule has 0 bridgehead atoms. The molecule has 18 heavy (non-hydrogen) atoms. The molecule has 94 valence electrons. The van der Waals surface area contributed by atoms with Gasteiger partial charge in [-0.25, -0.2) is 0 Å². The van der Waals surface area contributed by atoms with Gasteiger partial charge in [0, 0.05) is 5.69 Å². The number of aromatic nitrogens is 2. The lowest BCUT2D eigenvalue weighted by Crippen LogP contribution is -2.20. The van der Waals surface area contributed by atoms with Crippen LogP contribution in [0.5, 0.6) is 11.6 Å². The van der Waals surface area contributed by atoms with Crippen molar-refractivity contribution in [1.82, 2.24) is 9.55 Å². The van der Waals surface area contributed by atoms with Crippen molar-refractivity contribution in [3.63, 3.8) is 0 Å². The summed E-state index contributed by atoms with van der Waals surface area (Å²) in [6.45, 7) is 0. The normalized spacial score (nSPS) is 10.2. The highest BCUT2D eigenvalue weighted by molar-refractivity contribution is 6.29. The monoisotopic (exact) mass is 266 g/mol. The van der Waals surface area contributed by atoms with Crippen LogP contribution in [0.4, 0.5) is 0 Å². The standard InChI is InChI=1S/C12H11ClN2O3/c1-17-9-5-3-8(4-6-9)15-7-10(13)14-11(18-2)12(15)16/h3-7H,1-2H3. The lowest BCUT2D eigenvalue weighted by Gasteiger charge is -2.08. The maximum absolute atomic E-state index is 12.0. The molecule has 0 saturated carbocycles. The van der Waals surface area contributed by atoms with E-state index in [4.69, 9.17) is 21.1 Å². The van der Waals surface area contributed by atoms with Gasteiger partial charge in [0.15, 0.2) is 0 Å². The Hall–Kier alpha value is -2.01. The van der Waals surface area contributed by atoms with Crippen LogP contribution in [-0.4, -0.2) is 23.8 Å². The van der Waals surface area contributed by atoms with Crippen molar-refractivity contribution in [2.45, 2.75) is 0 Å². The molecule has 0 aliphatic rings. The van der Waals surface area contributed by atoms with E-state index in [1.165, 1.54) is 17.9 Å². The molecule has 2 aromatic rings. The summed E-state index contributed by atoms with van der Waals surface area (Å²) in [5, 5.41) is 0.183. The average Bonchev–Trinajstić information content (AvgIpc) is 2.41. The zero-order valence-electron chi connectivity index (χ0n) is 9.88. The second-order valence-corrected chi connectivity index (χ2v) is 3.83. The van der Waals surface area contributed by atoms with Crippen LogP contribution in [0.3, 0.4) is 0 Å². The van der Waals surface area contributed by atoms with Gasteiger partial charge in [-0.3, -0.25) is 9.36 Å². The van der Waals surface area contributed by atoms with Crippen LogP contribution in [0.15, 0.2) is 35.3 Å². The van der Waals surface area contributed by atoms with Gasteiger partial charge < -0.3 is 9.47 Å². The highest BCUT2D eigenvalue weighted by Crippen LogP contribution is 2.16. The SMILES string of the molecule is COc1ccc(-n2cc(Cl)nc(OC)c2=O)cc1. The smallest absolute Gasteiger partial charge is 0.317 e. The molecule has 5 nitrogen and oxygen atoms in total. The van der Waals surface area contributed by atoms with Crippen LogP contribution >= 0.6 is 11.6 Å². The predicted octanol–water partition coefficient (Wildman–Crippen LogP) is 1.90. The highest BCUT2D eigenvalue weighted by atomic mass is 35.5. The summed E-state index contributed by atoms with van der Waals surface area (Å²) in [6, 6.07) is 7.00. The predicted molar refractivity (Wildman–Crippen MR) is 67.9 cm³/mol. The Labute approximate surface area is 109 Å². The van der Waals surface area contributed by atoms with Crippen LogP contribution in [0.2, 0.25) is 5.15 Å². The van der Waals surface area contributed by atoms with Gasteiger partial charge in [0.25, 0.3) is 5.88 Å². The fourth-order valence-corrected chi connectivity index (χ4v) is 1.68. The number of rotatable bonds is 3. The first kappa shape index (κ1) is 12.4. The summed E-state index contributed by atoms with van der Waals surface area (Å²) < 4.78 is 11.3. The summed E-state index contributed by atoms with van der Waals surface area (Å²) in [6.07, 6.45) is 1.44. The molecule has 0 aliphatic carbocycles. The summed E-state index contributed by atoms with van der Waals surface area (Å²) >= 11 is 5.83. The third-order valence-electron chi connectivity index (χ3n) is 2.39. The number of hydrogen-bond acceptors (Lipinski definition) is 4. The number of benzene rings is 1. The Morgan fingerprint density at radius 1 is 1.17 bits per heavy atom. The van der Waals surface area contributed by atoms with Gasteiger partial charge in [-0.1, -0.05) is 11.6 Å². The molecule has 0 N–H and O–H groups in total. The van der Waals surface area contributed by atoms with Gasteiger partial charge in [0.2, 0.25) is 0 Å². The Kier molecular flexibility index (Phi) is 3.53. The number of halogens is 1. The maximum atomic E-state index is 12.0. The van der Waals surface area contributed by atoms with E-state index in [2.05, 4.69) is 4.98 Å². The first-order valence-electron chi connectivity index (χ1n) is 5.13. The van der Waals surface area contributed by atoms with Crippen LogP contribution in [0.1, 0.15) is 0 Å². The minimum absolute atomic E-state index is 0.0432. The van der Waals surface area contributed by atoms with Crippen molar-refractivity contribution < 1.29 is 9.47 Å². The number of ether oxygens (including phenoxy) is 2. The molecule has 1 aromatic carbocycles. The van der Waals surface area contributed by atoms with Crippen LogP contribution < -0.4 is 15.0 Å². The quantitative estimate of drug-likeness (QED) is 0.851. The van der Waals surface area contributed by atoms with E-state index in [9.17, 15) is 4.79 Å². The van der Waals surface area contributed by atoms with Crippen molar-refractivity contribution in [2.75, 3.05) is 14.2 Å². The Bertz CT molecular complexity index is 608. The molecule has 2 rings (SSSR count). The minimum atomic E-state index is -0.368. The molecular formula is C12H11ClN2O3. The summed E-state index contributed by atoms with van der Waals surface area (Å²) in [7, 11) is 2.95. The average molecular weight is 267 g/mol. The van der Waals surface area contributed by atoms with Crippen molar-refractivity contribution in [3.8, 4) is 17.3 Å². The van der Waals surface area contributed by atoms with Gasteiger partial charge in [0.1, 0.15) is 10.9 Å². The fraction of sp³-hybridized carbons (Fsp3) is 0.167. The minimum Gasteiger partial charge on any atom is -0.497 e. The fourth-order valence-electron chi connectivity index (χ4n) is 1.51. The van der Waals surface area contributed by atoms with Crippen molar-refractivity contribution in [1.29, 1.82) is 0 Å². The van der Waals surface area contributed by atoms with E-state index in [0.717, 1.165) is 0 Å². The molecule has 0 spiro atoms. The van der Waals surface area contributed by atoms with Gasteiger partial charge >= 0.3 is 5.56 Å². The Morgan fingerprint density at radius 3 is 2.39 bits per heavy atom. The van der Waals surface area contributed by atoms with Crippen LogP contribution in [-0.2, 0) is 0 Å². The van der Waals surface area contributed by atoms with Crippen molar-refractivity contribution >= 4 is 11.6 Å². The van der Waals surface area contributed by atoms with Gasteiger partial charge in [0.05, 0.1) is 20.4 Å². The van der Waals surface area contributed by atoms with E-state index in [1.807, 2.05) is 0 Å². The first-order valence-corrected chi connectivity index (χ1v) is 5.51.